The summed E-state index contributed by atoms with van der Waals surface area (Å²) in [5, 5.41) is 7.15. The van der Waals surface area contributed by atoms with Gasteiger partial charge in [-0.2, -0.15) is 0 Å². The first kappa shape index (κ1) is 31.9. The fourth-order valence-electron chi connectivity index (χ4n) is 8.37. The SMILES string of the molecule is c1ccc(-c2nc(-c3ccccc3)nc(-c3cccc4c3oc3ccc(-c5ccc6c(c5)sc5ccc(-n7c8ccccc8c8ccccc87)cc56)cc34)n2)cc1. The maximum absolute atomic E-state index is 6.63. The van der Waals surface area contributed by atoms with E-state index in [1.165, 1.54) is 53.2 Å². The molecule has 266 valence electrons. The Bertz CT molecular complexity index is 3420. The van der Waals surface area contributed by atoms with E-state index in [1.807, 2.05) is 78.1 Å². The molecule has 0 bridgehead atoms. The van der Waals surface area contributed by atoms with Gasteiger partial charge in [0.2, 0.25) is 0 Å². The second-order valence-electron chi connectivity index (χ2n) is 14.4. The number of benzene rings is 8. The highest BCUT2D eigenvalue weighted by Crippen LogP contribution is 2.41. The first-order valence-electron chi connectivity index (χ1n) is 19.0. The summed E-state index contributed by atoms with van der Waals surface area (Å²) >= 11 is 1.84. The lowest BCUT2D eigenvalue weighted by molar-refractivity contribution is 0.669. The zero-order valence-corrected chi connectivity index (χ0v) is 31.2. The van der Waals surface area contributed by atoms with Gasteiger partial charge in [0.05, 0.1) is 16.6 Å². The van der Waals surface area contributed by atoms with E-state index in [0.717, 1.165) is 44.2 Å². The Hall–Kier alpha value is -7.41. The van der Waals surface area contributed by atoms with Gasteiger partial charge in [-0.15, -0.1) is 11.3 Å². The second-order valence-corrected chi connectivity index (χ2v) is 15.5. The maximum atomic E-state index is 6.63. The van der Waals surface area contributed by atoms with Crippen molar-refractivity contribution in [2.24, 2.45) is 0 Å². The summed E-state index contributed by atoms with van der Waals surface area (Å²) in [5.74, 6) is 1.81. The van der Waals surface area contributed by atoms with Crippen molar-refractivity contribution < 1.29 is 4.42 Å². The zero-order chi connectivity index (χ0) is 37.5. The molecule has 0 aliphatic heterocycles. The van der Waals surface area contributed by atoms with Crippen LogP contribution >= 0.6 is 11.3 Å². The Balaban J connectivity index is 0.956. The Morgan fingerprint density at radius 2 is 1.00 bits per heavy atom. The topological polar surface area (TPSA) is 56.7 Å². The van der Waals surface area contributed by atoms with E-state index in [-0.39, 0.29) is 0 Å². The van der Waals surface area contributed by atoms with Crippen molar-refractivity contribution in [1.29, 1.82) is 0 Å². The minimum atomic E-state index is 0.573. The summed E-state index contributed by atoms with van der Waals surface area (Å²) in [4.78, 5) is 14.9. The number of hydrogen-bond donors (Lipinski definition) is 0. The van der Waals surface area contributed by atoms with Crippen LogP contribution in [-0.4, -0.2) is 19.5 Å². The number of thiophene rings is 1. The summed E-state index contributed by atoms with van der Waals surface area (Å²) in [6, 6.07) is 63.9. The lowest BCUT2D eigenvalue weighted by Crippen LogP contribution is -2.00. The molecule has 0 aliphatic rings. The quantitative estimate of drug-likeness (QED) is 0.176. The van der Waals surface area contributed by atoms with Gasteiger partial charge in [0.1, 0.15) is 11.2 Å². The van der Waals surface area contributed by atoms with Crippen LogP contribution in [0.15, 0.2) is 186 Å². The molecule has 0 spiro atoms. The highest BCUT2D eigenvalue weighted by molar-refractivity contribution is 7.25. The molecule has 0 N–H and O–H groups in total. The van der Waals surface area contributed by atoms with E-state index in [1.54, 1.807) is 0 Å². The Kier molecular flexibility index (Phi) is 7.03. The van der Waals surface area contributed by atoms with Crippen LogP contribution in [0.5, 0.6) is 0 Å². The van der Waals surface area contributed by atoms with Crippen LogP contribution in [0.25, 0.3) is 115 Å². The molecule has 0 atom stereocenters. The van der Waals surface area contributed by atoms with Crippen molar-refractivity contribution in [3.8, 4) is 51.0 Å². The highest BCUT2D eigenvalue weighted by atomic mass is 32.1. The highest BCUT2D eigenvalue weighted by Gasteiger charge is 2.19. The average Bonchev–Trinajstić information content (AvgIpc) is 3.95. The predicted octanol–water partition coefficient (Wildman–Crippen LogP) is 13.9. The van der Waals surface area contributed by atoms with Gasteiger partial charge in [0.25, 0.3) is 0 Å². The third-order valence-electron chi connectivity index (χ3n) is 11.1. The maximum Gasteiger partial charge on any atom is 0.167 e. The Morgan fingerprint density at radius 1 is 0.386 bits per heavy atom. The minimum Gasteiger partial charge on any atom is -0.455 e. The van der Waals surface area contributed by atoms with E-state index in [2.05, 4.69) is 120 Å². The number of para-hydroxylation sites is 3. The molecule has 8 aromatic carbocycles. The molecule has 0 saturated carbocycles. The first-order valence-corrected chi connectivity index (χ1v) is 19.8. The van der Waals surface area contributed by atoms with Gasteiger partial charge in [-0.25, -0.2) is 15.0 Å². The standard InChI is InChI=1S/C51H30N4OS/c1-3-12-31(13-4-1)49-52-50(32-14-5-2-6-15-32)54-51(53-49)40-19-11-18-39-41-28-33(23-26-45(41)56-48(39)40)34-22-25-38-42-30-35(24-27-46(42)57-47(38)29-34)55-43-20-9-7-16-36(43)37-17-8-10-21-44(37)55/h1-30H. The smallest absolute Gasteiger partial charge is 0.167 e. The van der Waals surface area contributed by atoms with Crippen LogP contribution in [-0.2, 0) is 0 Å². The molecule has 0 saturated heterocycles. The van der Waals surface area contributed by atoms with Crippen LogP contribution in [0.3, 0.4) is 0 Å². The second kappa shape index (κ2) is 12.6. The molecule has 0 unspecified atom stereocenters. The third kappa shape index (κ3) is 5.12. The van der Waals surface area contributed by atoms with Crippen LogP contribution in [0.2, 0.25) is 0 Å². The summed E-state index contributed by atoms with van der Waals surface area (Å²) in [7, 11) is 0. The van der Waals surface area contributed by atoms with Gasteiger partial charge >= 0.3 is 0 Å². The molecular formula is C51H30N4OS. The van der Waals surface area contributed by atoms with E-state index < -0.39 is 0 Å². The summed E-state index contributed by atoms with van der Waals surface area (Å²) in [6.45, 7) is 0. The van der Waals surface area contributed by atoms with Crippen molar-refractivity contribution in [2.45, 2.75) is 0 Å². The van der Waals surface area contributed by atoms with Crippen molar-refractivity contribution in [2.75, 3.05) is 0 Å². The van der Waals surface area contributed by atoms with Gasteiger partial charge in [0, 0.05) is 58.5 Å². The van der Waals surface area contributed by atoms with Gasteiger partial charge in [0.15, 0.2) is 17.5 Å². The number of rotatable bonds is 5. The summed E-state index contributed by atoms with van der Waals surface area (Å²) < 4.78 is 11.6. The molecule has 0 fully saturated rings. The van der Waals surface area contributed by atoms with Crippen molar-refractivity contribution in [3.05, 3.63) is 182 Å². The summed E-state index contributed by atoms with van der Waals surface area (Å²) in [5.41, 5.74) is 10.2. The molecule has 5 nitrogen and oxygen atoms in total. The fraction of sp³-hybridized carbons (Fsp3) is 0. The van der Waals surface area contributed by atoms with Gasteiger partial charge in [-0.05, 0) is 65.7 Å². The van der Waals surface area contributed by atoms with Crippen molar-refractivity contribution in [1.82, 2.24) is 19.5 Å². The molecule has 57 heavy (non-hydrogen) atoms. The first-order chi connectivity index (χ1) is 28.2. The Morgan fingerprint density at radius 3 is 1.72 bits per heavy atom. The molecular weight excluding hydrogens is 717 g/mol. The lowest BCUT2D eigenvalue weighted by Gasteiger charge is -2.08. The van der Waals surface area contributed by atoms with Crippen LogP contribution in [0.1, 0.15) is 0 Å². The van der Waals surface area contributed by atoms with Crippen molar-refractivity contribution in [3.63, 3.8) is 0 Å². The average molecular weight is 747 g/mol. The molecule has 0 amide bonds. The van der Waals surface area contributed by atoms with Gasteiger partial charge in [-0.1, -0.05) is 127 Å². The van der Waals surface area contributed by atoms with E-state index in [9.17, 15) is 0 Å². The predicted molar refractivity (Wildman–Crippen MR) is 236 cm³/mol. The van der Waals surface area contributed by atoms with E-state index in [4.69, 9.17) is 19.4 Å². The molecule has 4 heterocycles. The zero-order valence-electron chi connectivity index (χ0n) is 30.4. The molecule has 6 heteroatoms. The van der Waals surface area contributed by atoms with E-state index >= 15 is 0 Å². The van der Waals surface area contributed by atoms with E-state index in [0.29, 0.717) is 17.5 Å². The van der Waals surface area contributed by atoms with Crippen LogP contribution in [0.4, 0.5) is 0 Å². The Labute approximate surface area is 330 Å². The normalized spacial score (nSPS) is 11.9. The molecule has 0 radical (unpaired) electrons. The molecule has 12 rings (SSSR count). The third-order valence-corrected chi connectivity index (χ3v) is 12.2. The fourth-order valence-corrected chi connectivity index (χ4v) is 9.49. The number of furan rings is 1. The lowest BCUT2D eigenvalue weighted by atomic mass is 10.0. The number of fused-ring (bicyclic) bond motifs is 9. The summed E-state index contributed by atoms with van der Waals surface area (Å²) in [6.07, 6.45) is 0. The minimum absolute atomic E-state index is 0.573. The molecule has 0 aliphatic carbocycles. The number of nitrogens with zero attached hydrogens (tertiary/aromatic N) is 4. The van der Waals surface area contributed by atoms with Crippen molar-refractivity contribution >= 4 is 75.3 Å². The molecule has 4 aromatic heterocycles. The largest absolute Gasteiger partial charge is 0.455 e. The van der Waals surface area contributed by atoms with Gasteiger partial charge in [-0.3, -0.25) is 0 Å². The van der Waals surface area contributed by atoms with Crippen LogP contribution < -0.4 is 0 Å². The number of aromatic nitrogens is 4. The van der Waals surface area contributed by atoms with Gasteiger partial charge < -0.3 is 8.98 Å². The monoisotopic (exact) mass is 746 g/mol. The molecule has 12 aromatic rings. The number of hydrogen-bond acceptors (Lipinski definition) is 5. The van der Waals surface area contributed by atoms with Crippen LogP contribution in [0, 0.1) is 0 Å².